The first-order valence-electron chi connectivity index (χ1n) is 7.05. The van der Waals surface area contributed by atoms with Crippen molar-refractivity contribution in [1.82, 2.24) is 5.32 Å². The number of sulfone groups is 1. The van der Waals surface area contributed by atoms with Crippen molar-refractivity contribution in [2.24, 2.45) is 5.41 Å². The molecule has 0 radical (unpaired) electrons. The number of para-hydroxylation sites is 1. The molecule has 2 N–H and O–H groups in total. The highest BCUT2D eigenvalue weighted by molar-refractivity contribution is 7.90. The summed E-state index contributed by atoms with van der Waals surface area (Å²) in [6.45, 7) is 4.90. The highest BCUT2D eigenvalue weighted by Crippen LogP contribution is 2.31. The first kappa shape index (κ1) is 16.0. The van der Waals surface area contributed by atoms with Gasteiger partial charge in [-0.2, -0.15) is 0 Å². The van der Waals surface area contributed by atoms with E-state index in [9.17, 15) is 13.2 Å². The fraction of sp³-hybridized carbons (Fsp3) is 0.533. The van der Waals surface area contributed by atoms with Crippen molar-refractivity contribution < 1.29 is 13.2 Å². The summed E-state index contributed by atoms with van der Waals surface area (Å²) in [4.78, 5) is 12.6. The second-order valence-corrected chi connectivity index (χ2v) is 8.22. The van der Waals surface area contributed by atoms with Gasteiger partial charge in [0.25, 0.3) is 0 Å². The zero-order chi connectivity index (χ0) is 15.7. The van der Waals surface area contributed by atoms with E-state index >= 15 is 0 Å². The second kappa shape index (κ2) is 5.77. The standard InChI is InChI=1S/C15H22N2O3S/c1-15(2)9-6-10-16-13(15)14(18)17-11-7-4-5-8-12(11)21(3,19)20/h4-5,7-8,13,16H,6,9-10H2,1-3H3,(H,17,18). The van der Waals surface area contributed by atoms with Gasteiger partial charge in [0.05, 0.1) is 16.6 Å². The number of carbonyl (C=O) groups excluding carboxylic acids is 1. The maximum atomic E-state index is 12.5. The van der Waals surface area contributed by atoms with Crippen LogP contribution in [0, 0.1) is 5.41 Å². The topological polar surface area (TPSA) is 75.3 Å². The SMILES string of the molecule is CC1(C)CCCNC1C(=O)Nc1ccccc1S(C)(=O)=O. The van der Waals surface area contributed by atoms with E-state index < -0.39 is 9.84 Å². The van der Waals surface area contributed by atoms with Crippen LogP contribution in [0.2, 0.25) is 0 Å². The van der Waals surface area contributed by atoms with Crippen molar-refractivity contribution in [3.8, 4) is 0 Å². The van der Waals surface area contributed by atoms with Crippen LogP contribution in [0.5, 0.6) is 0 Å². The van der Waals surface area contributed by atoms with Crippen molar-refractivity contribution in [2.45, 2.75) is 37.6 Å². The number of benzene rings is 1. The summed E-state index contributed by atoms with van der Waals surface area (Å²) in [7, 11) is -3.37. The summed E-state index contributed by atoms with van der Waals surface area (Å²) >= 11 is 0. The Morgan fingerprint density at radius 2 is 2.00 bits per heavy atom. The fourth-order valence-electron chi connectivity index (χ4n) is 2.76. The number of hydrogen-bond donors (Lipinski definition) is 2. The Hall–Kier alpha value is -1.40. The van der Waals surface area contributed by atoms with E-state index in [1.807, 2.05) is 13.8 Å². The van der Waals surface area contributed by atoms with E-state index in [-0.39, 0.29) is 22.3 Å². The third-order valence-corrected chi connectivity index (χ3v) is 5.09. The Morgan fingerprint density at radius 3 is 2.62 bits per heavy atom. The molecule has 1 aromatic rings. The van der Waals surface area contributed by atoms with Crippen LogP contribution in [0.25, 0.3) is 0 Å². The fourth-order valence-corrected chi connectivity index (χ4v) is 3.60. The average Bonchev–Trinajstić information content (AvgIpc) is 2.37. The summed E-state index contributed by atoms with van der Waals surface area (Å²) in [5.41, 5.74) is 0.190. The molecule has 1 amide bonds. The Balaban J connectivity index is 2.25. The Kier molecular flexibility index (Phi) is 4.39. The van der Waals surface area contributed by atoms with Gasteiger partial charge in [0.1, 0.15) is 0 Å². The van der Waals surface area contributed by atoms with Crippen LogP contribution in [-0.2, 0) is 14.6 Å². The van der Waals surface area contributed by atoms with Gasteiger partial charge in [-0.25, -0.2) is 8.42 Å². The van der Waals surface area contributed by atoms with E-state index in [0.717, 1.165) is 25.6 Å². The largest absolute Gasteiger partial charge is 0.324 e. The lowest BCUT2D eigenvalue weighted by atomic mass is 9.77. The molecule has 0 aliphatic carbocycles. The third kappa shape index (κ3) is 3.63. The second-order valence-electron chi connectivity index (χ2n) is 6.24. The summed E-state index contributed by atoms with van der Waals surface area (Å²) < 4.78 is 23.5. The van der Waals surface area contributed by atoms with Gasteiger partial charge < -0.3 is 10.6 Å². The van der Waals surface area contributed by atoms with Crippen molar-refractivity contribution in [3.05, 3.63) is 24.3 Å². The van der Waals surface area contributed by atoms with E-state index in [1.165, 1.54) is 6.07 Å². The molecular weight excluding hydrogens is 288 g/mol. The molecule has 1 fully saturated rings. The zero-order valence-corrected chi connectivity index (χ0v) is 13.5. The van der Waals surface area contributed by atoms with Gasteiger partial charge in [-0.1, -0.05) is 26.0 Å². The molecule has 0 bridgehead atoms. The van der Waals surface area contributed by atoms with Crippen molar-refractivity contribution in [3.63, 3.8) is 0 Å². The lowest BCUT2D eigenvalue weighted by molar-refractivity contribution is -0.121. The molecule has 1 saturated heterocycles. The minimum absolute atomic E-state index is 0.145. The maximum Gasteiger partial charge on any atom is 0.242 e. The predicted molar refractivity (Wildman–Crippen MR) is 83.0 cm³/mol. The van der Waals surface area contributed by atoms with Gasteiger partial charge in [-0.15, -0.1) is 0 Å². The van der Waals surface area contributed by atoms with Gasteiger partial charge in [0.2, 0.25) is 5.91 Å². The molecule has 1 aromatic carbocycles. The average molecular weight is 310 g/mol. The van der Waals surface area contributed by atoms with Gasteiger partial charge in [-0.3, -0.25) is 4.79 Å². The van der Waals surface area contributed by atoms with Crippen molar-refractivity contribution in [1.29, 1.82) is 0 Å². The number of carbonyl (C=O) groups is 1. The normalized spacial score (nSPS) is 21.8. The smallest absolute Gasteiger partial charge is 0.242 e. The Morgan fingerprint density at radius 1 is 1.33 bits per heavy atom. The van der Waals surface area contributed by atoms with Gasteiger partial charge in [0.15, 0.2) is 9.84 Å². The van der Waals surface area contributed by atoms with E-state index in [1.54, 1.807) is 18.2 Å². The predicted octanol–water partition coefficient (Wildman–Crippen LogP) is 1.81. The quantitative estimate of drug-likeness (QED) is 0.893. The molecule has 21 heavy (non-hydrogen) atoms. The molecular formula is C15H22N2O3S. The number of hydrogen-bond acceptors (Lipinski definition) is 4. The first-order valence-corrected chi connectivity index (χ1v) is 8.94. The molecule has 1 aliphatic rings. The van der Waals surface area contributed by atoms with Crippen LogP contribution < -0.4 is 10.6 Å². The van der Waals surface area contributed by atoms with Crippen LogP contribution in [0.1, 0.15) is 26.7 Å². The number of nitrogens with one attached hydrogen (secondary N) is 2. The molecule has 1 aliphatic heterocycles. The van der Waals surface area contributed by atoms with Crippen LogP contribution in [0.15, 0.2) is 29.2 Å². The number of amides is 1. The number of anilines is 1. The minimum atomic E-state index is -3.37. The van der Waals surface area contributed by atoms with Crippen LogP contribution in [0.3, 0.4) is 0 Å². The van der Waals surface area contributed by atoms with Crippen molar-refractivity contribution in [2.75, 3.05) is 18.1 Å². The van der Waals surface area contributed by atoms with Gasteiger partial charge in [0, 0.05) is 6.26 Å². The van der Waals surface area contributed by atoms with Gasteiger partial charge >= 0.3 is 0 Å². The minimum Gasteiger partial charge on any atom is -0.324 e. The van der Waals surface area contributed by atoms with Crippen LogP contribution >= 0.6 is 0 Å². The summed E-state index contributed by atoms with van der Waals surface area (Å²) in [6.07, 6.45) is 3.14. The highest BCUT2D eigenvalue weighted by atomic mass is 32.2. The van der Waals surface area contributed by atoms with E-state index in [0.29, 0.717) is 5.69 Å². The summed E-state index contributed by atoms with van der Waals surface area (Å²) in [5.74, 6) is -0.184. The zero-order valence-electron chi connectivity index (χ0n) is 12.6. The van der Waals surface area contributed by atoms with Crippen LogP contribution in [0.4, 0.5) is 5.69 Å². The first-order chi connectivity index (χ1) is 9.72. The van der Waals surface area contributed by atoms with Crippen molar-refractivity contribution >= 4 is 21.4 Å². The maximum absolute atomic E-state index is 12.5. The monoisotopic (exact) mass is 310 g/mol. The molecule has 116 valence electrons. The molecule has 6 heteroatoms. The lowest BCUT2D eigenvalue weighted by Gasteiger charge is -2.38. The highest BCUT2D eigenvalue weighted by Gasteiger charge is 2.37. The number of rotatable bonds is 3. The van der Waals surface area contributed by atoms with E-state index in [4.69, 9.17) is 0 Å². The number of piperidine rings is 1. The molecule has 1 atom stereocenters. The molecule has 1 unspecified atom stereocenters. The molecule has 0 spiro atoms. The molecule has 2 rings (SSSR count). The Bertz CT molecular complexity index is 638. The van der Waals surface area contributed by atoms with E-state index in [2.05, 4.69) is 10.6 Å². The molecule has 5 nitrogen and oxygen atoms in total. The van der Waals surface area contributed by atoms with Gasteiger partial charge in [-0.05, 0) is 36.9 Å². The third-order valence-electron chi connectivity index (χ3n) is 3.93. The molecule has 1 heterocycles. The molecule has 0 saturated carbocycles. The Labute approximate surface area is 126 Å². The van der Waals surface area contributed by atoms with Crippen LogP contribution in [-0.4, -0.2) is 33.2 Å². The summed E-state index contributed by atoms with van der Waals surface area (Å²) in [5, 5.41) is 5.99. The lowest BCUT2D eigenvalue weighted by Crippen LogP contribution is -2.53. The molecule has 0 aromatic heterocycles. The summed E-state index contributed by atoms with van der Waals surface area (Å²) in [6, 6.07) is 6.16.